The molecule has 1 unspecified atom stereocenters. The van der Waals surface area contributed by atoms with Gasteiger partial charge < -0.3 is 14.8 Å². The van der Waals surface area contributed by atoms with E-state index in [-0.39, 0.29) is 19.1 Å². The number of hydrogen-bond acceptors (Lipinski definition) is 5. The lowest BCUT2D eigenvalue weighted by Crippen LogP contribution is -2.47. The Labute approximate surface area is 164 Å². The first kappa shape index (κ1) is 18.9. The molecule has 2 aromatic rings. The van der Waals surface area contributed by atoms with Crippen LogP contribution >= 0.6 is 15.9 Å². The molecule has 27 heavy (non-hydrogen) atoms. The van der Waals surface area contributed by atoms with E-state index < -0.39 is 18.0 Å². The second kappa shape index (κ2) is 8.22. The number of carbonyl (C=O) groups excluding carboxylic acids is 3. The van der Waals surface area contributed by atoms with Gasteiger partial charge in [0.05, 0.1) is 11.4 Å². The molecule has 1 atom stereocenters. The first-order valence-corrected chi connectivity index (χ1v) is 9.01. The van der Waals surface area contributed by atoms with Crippen LogP contribution in [0.1, 0.15) is 6.92 Å². The maximum absolute atomic E-state index is 12.7. The van der Waals surface area contributed by atoms with Crippen LogP contribution in [0.4, 0.5) is 11.4 Å². The number of ether oxygens (including phenoxy) is 2. The van der Waals surface area contributed by atoms with Crippen molar-refractivity contribution in [3.63, 3.8) is 0 Å². The normalized spacial score (nSPS) is 14.0. The maximum Gasteiger partial charge on any atom is 0.344 e. The van der Waals surface area contributed by atoms with Crippen molar-refractivity contribution < 1.29 is 23.9 Å². The largest absolute Gasteiger partial charge is 0.482 e. The van der Waals surface area contributed by atoms with Crippen molar-refractivity contribution in [3.05, 3.63) is 53.0 Å². The minimum Gasteiger partial charge on any atom is -0.482 e. The number of nitrogens with one attached hydrogen (secondary N) is 1. The van der Waals surface area contributed by atoms with Gasteiger partial charge in [-0.05, 0) is 43.3 Å². The van der Waals surface area contributed by atoms with Gasteiger partial charge in [-0.15, -0.1) is 0 Å². The Hall–Kier alpha value is -2.87. The van der Waals surface area contributed by atoms with E-state index in [1.807, 2.05) is 0 Å². The van der Waals surface area contributed by atoms with Crippen molar-refractivity contribution in [2.45, 2.75) is 13.0 Å². The number of halogens is 1. The van der Waals surface area contributed by atoms with E-state index in [0.717, 1.165) is 4.47 Å². The van der Waals surface area contributed by atoms with E-state index in [2.05, 4.69) is 21.2 Å². The van der Waals surface area contributed by atoms with E-state index in [1.165, 1.54) is 11.8 Å². The Morgan fingerprint density at radius 1 is 1.19 bits per heavy atom. The van der Waals surface area contributed by atoms with Crippen LogP contribution in [0.15, 0.2) is 53.0 Å². The summed E-state index contributed by atoms with van der Waals surface area (Å²) in [6, 6.07) is 13.9. The van der Waals surface area contributed by atoms with Crippen molar-refractivity contribution >= 4 is 45.1 Å². The van der Waals surface area contributed by atoms with Gasteiger partial charge in [0.25, 0.3) is 5.91 Å². The summed E-state index contributed by atoms with van der Waals surface area (Å²) in [7, 11) is 0. The number of amides is 2. The van der Waals surface area contributed by atoms with Gasteiger partial charge in [-0.3, -0.25) is 14.5 Å². The molecule has 2 amide bonds. The quantitative estimate of drug-likeness (QED) is 0.734. The highest BCUT2D eigenvalue weighted by molar-refractivity contribution is 9.10. The number of hydrogen-bond donors (Lipinski definition) is 1. The summed E-state index contributed by atoms with van der Waals surface area (Å²) in [5.41, 5.74) is 1.11. The number of fused-ring (bicyclic) bond motifs is 1. The van der Waals surface area contributed by atoms with E-state index in [1.54, 1.807) is 48.5 Å². The topological polar surface area (TPSA) is 84.9 Å². The SMILES string of the molecule is CC(OC(=O)COc1ccc(Br)cc1)C(=O)N1CC(=O)Nc2ccccc21. The zero-order valence-corrected chi connectivity index (χ0v) is 16.1. The molecule has 7 nitrogen and oxygen atoms in total. The molecule has 8 heteroatoms. The van der Waals surface area contributed by atoms with Gasteiger partial charge >= 0.3 is 5.97 Å². The van der Waals surface area contributed by atoms with Crippen molar-refractivity contribution in [2.24, 2.45) is 0 Å². The van der Waals surface area contributed by atoms with E-state index in [0.29, 0.717) is 17.1 Å². The van der Waals surface area contributed by atoms with Gasteiger partial charge in [-0.25, -0.2) is 4.79 Å². The van der Waals surface area contributed by atoms with Crippen molar-refractivity contribution in [1.82, 2.24) is 0 Å². The molecule has 1 N–H and O–H groups in total. The first-order valence-electron chi connectivity index (χ1n) is 8.22. The van der Waals surface area contributed by atoms with Crippen molar-refractivity contribution in [1.29, 1.82) is 0 Å². The Morgan fingerprint density at radius 2 is 1.89 bits per heavy atom. The van der Waals surface area contributed by atoms with Crippen LogP contribution in [-0.4, -0.2) is 37.0 Å². The molecular weight excluding hydrogens is 416 g/mol. The third-order valence-electron chi connectivity index (χ3n) is 3.86. The highest BCUT2D eigenvalue weighted by atomic mass is 79.9. The molecule has 0 bridgehead atoms. The number of nitrogens with zero attached hydrogens (tertiary/aromatic N) is 1. The summed E-state index contributed by atoms with van der Waals surface area (Å²) in [5.74, 6) is -0.947. The van der Waals surface area contributed by atoms with Gasteiger partial charge in [0.15, 0.2) is 12.7 Å². The molecule has 0 spiro atoms. The summed E-state index contributed by atoms with van der Waals surface area (Å²) in [4.78, 5) is 37.8. The fraction of sp³-hybridized carbons (Fsp3) is 0.211. The van der Waals surface area contributed by atoms with Crippen molar-refractivity contribution in [2.75, 3.05) is 23.4 Å². The Morgan fingerprint density at radius 3 is 2.63 bits per heavy atom. The lowest BCUT2D eigenvalue weighted by atomic mass is 10.1. The number of rotatable bonds is 5. The number of anilines is 2. The van der Waals surface area contributed by atoms with Crippen LogP contribution in [0.25, 0.3) is 0 Å². The molecule has 2 aromatic carbocycles. The predicted molar refractivity (Wildman–Crippen MR) is 103 cm³/mol. The number of benzene rings is 2. The van der Waals surface area contributed by atoms with E-state index in [4.69, 9.17) is 9.47 Å². The zero-order chi connectivity index (χ0) is 19.4. The van der Waals surface area contributed by atoms with E-state index >= 15 is 0 Å². The average molecular weight is 433 g/mol. The van der Waals surface area contributed by atoms with Gasteiger partial charge in [-0.1, -0.05) is 28.1 Å². The molecular formula is C19H17BrN2O5. The number of esters is 1. The molecule has 1 aliphatic rings. The summed E-state index contributed by atoms with van der Waals surface area (Å²) in [6.45, 7) is 1.01. The summed E-state index contributed by atoms with van der Waals surface area (Å²) in [6.07, 6.45) is -1.05. The minimum atomic E-state index is -1.05. The van der Waals surface area contributed by atoms with Gasteiger partial charge in [-0.2, -0.15) is 0 Å². The second-order valence-electron chi connectivity index (χ2n) is 5.86. The summed E-state index contributed by atoms with van der Waals surface area (Å²) in [5, 5.41) is 2.70. The van der Waals surface area contributed by atoms with Crippen LogP contribution in [0.3, 0.4) is 0 Å². The van der Waals surface area contributed by atoms with Crippen LogP contribution < -0.4 is 15.0 Å². The third-order valence-corrected chi connectivity index (χ3v) is 4.39. The molecule has 0 aromatic heterocycles. The first-order chi connectivity index (χ1) is 12.9. The van der Waals surface area contributed by atoms with Crippen molar-refractivity contribution in [3.8, 4) is 5.75 Å². The zero-order valence-electron chi connectivity index (χ0n) is 14.5. The lowest BCUT2D eigenvalue weighted by molar-refractivity contribution is -0.155. The molecule has 140 valence electrons. The minimum absolute atomic E-state index is 0.132. The monoisotopic (exact) mass is 432 g/mol. The van der Waals surface area contributed by atoms with Gasteiger partial charge in [0.2, 0.25) is 5.91 Å². The van der Waals surface area contributed by atoms with Crippen LogP contribution in [0.2, 0.25) is 0 Å². The summed E-state index contributed by atoms with van der Waals surface area (Å²) >= 11 is 3.31. The Kier molecular flexibility index (Phi) is 5.75. The smallest absolute Gasteiger partial charge is 0.344 e. The van der Waals surface area contributed by atoms with Crippen LogP contribution in [0, 0.1) is 0 Å². The second-order valence-corrected chi connectivity index (χ2v) is 6.78. The standard InChI is InChI=1S/C19H17BrN2O5/c1-12(27-18(24)11-26-14-8-6-13(20)7-9-14)19(25)22-10-17(23)21-15-4-2-3-5-16(15)22/h2-9,12H,10-11H2,1H3,(H,21,23). The van der Waals surface area contributed by atoms with Crippen LogP contribution in [-0.2, 0) is 19.1 Å². The molecule has 0 saturated carbocycles. The fourth-order valence-electron chi connectivity index (χ4n) is 2.60. The highest BCUT2D eigenvalue weighted by Gasteiger charge is 2.31. The number of carbonyl (C=O) groups is 3. The van der Waals surface area contributed by atoms with E-state index in [9.17, 15) is 14.4 Å². The third kappa shape index (κ3) is 4.65. The Bertz CT molecular complexity index is 869. The van der Waals surface area contributed by atoms with Gasteiger partial charge in [0, 0.05) is 4.47 Å². The maximum atomic E-state index is 12.7. The average Bonchev–Trinajstić information content (AvgIpc) is 2.66. The summed E-state index contributed by atoms with van der Waals surface area (Å²) < 4.78 is 11.4. The highest BCUT2D eigenvalue weighted by Crippen LogP contribution is 2.29. The Balaban J connectivity index is 1.59. The molecule has 0 saturated heterocycles. The van der Waals surface area contributed by atoms with Crippen LogP contribution in [0.5, 0.6) is 5.75 Å². The molecule has 0 radical (unpaired) electrons. The molecule has 3 rings (SSSR count). The molecule has 0 fully saturated rings. The number of para-hydroxylation sites is 2. The molecule has 1 heterocycles. The fourth-order valence-corrected chi connectivity index (χ4v) is 2.87. The molecule has 0 aliphatic carbocycles. The van der Waals surface area contributed by atoms with Gasteiger partial charge in [0.1, 0.15) is 12.3 Å². The molecule has 1 aliphatic heterocycles. The predicted octanol–water partition coefficient (Wildman–Crippen LogP) is 2.74. The lowest BCUT2D eigenvalue weighted by Gasteiger charge is -2.30.